The third kappa shape index (κ3) is 5.20. The number of carbonyl (C=O) groups excluding carboxylic acids is 2. The normalized spacial score (nSPS) is 10.1. The predicted octanol–water partition coefficient (Wildman–Crippen LogP) is 3.15. The molecule has 2 aromatic carbocycles. The highest BCUT2D eigenvalue weighted by atomic mass is 19.1. The van der Waals surface area contributed by atoms with Crippen LogP contribution in [0.1, 0.15) is 12.5 Å². The number of halogens is 1. The molecule has 0 heterocycles. The number of ether oxygens (including phenoxy) is 1. The highest BCUT2D eigenvalue weighted by Gasteiger charge is 2.10. The number of hydrogen-bond donors (Lipinski definition) is 3. The molecule has 0 aromatic heterocycles. The van der Waals surface area contributed by atoms with Gasteiger partial charge in [0, 0.05) is 18.3 Å². The average molecular weight is 345 g/mol. The topological polar surface area (TPSA) is 79.5 Å². The van der Waals surface area contributed by atoms with E-state index in [1.165, 1.54) is 26.2 Å². The van der Waals surface area contributed by atoms with Gasteiger partial charge >= 0.3 is 0 Å². The van der Waals surface area contributed by atoms with Crippen LogP contribution in [-0.4, -0.2) is 25.5 Å². The minimum Gasteiger partial charge on any atom is -0.495 e. The van der Waals surface area contributed by atoms with E-state index in [0.717, 1.165) is 0 Å². The molecule has 0 saturated heterocycles. The van der Waals surface area contributed by atoms with Gasteiger partial charge in [-0.05, 0) is 48.9 Å². The second-order valence-electron chi connectivity index (χ2n) is 5.46. The summed E-state index contributed by atoms with van der Waals surface area (Å²) in [4.78, 5) is 23.3. The Bertz CT molecular complexity index is 793. The Morgan fingerprint density at radius 1 is 1.08 bits per heavy atom. The van der Waals surface area contributed by atoms with E-state index < -0.39 is 0 Å². The molecule has 0 bridgehead atoms. The van der Waals surface area contributed by atoms with Crippen molar-refractivity contribution < 1.29 is 18.7 Å². The Kier molecular flexibility index (Phi) is 5.94. The zero-order valence-corrected chi connectivity index (χ0v) is 14.3. The van der Waals surface area contributed by atoms with Crippen molar-refractivity contribution in [1.29, 1.82) is 0 Å². The van der Waals surface area contributed by atoms with E-state index in [1.807, 2.05) is 0 Å². The van der Waals surface area contributed by atoms with Gasteiger partial charge in [-0.3, -0.25) is 9.59 Å². The number of benzene rings is 2. The Morgan fingerprint density at radius 2 is 1.84 bits per heavy atom. The quantitative estimate of drug-likeness (QED) is 0.751. The van der Waals surface area contributed by atoms with Crippen LogP contribution in [0.4, 0.5) is 21.5 Å². The van der Waals surface area contributed by atoms with Gasteiger partial charge in [0.1, 0.15) is 11.6 Å². The molecule has 0 fully saturated rings. The second kappa shape index (κ2) is 8.14. The summed E-state index contributed by atoms with van der Waals surface area (Å²) in [5, 5.41) is 8.32. The fourth-order valence-corrected chi connectivity index (χ4v) is 2.28. The van der Waals surface area contributed by atoms with E-state index in [1.54, 1.807) is 31.2 Å². The number of nitrogens with one attached hydrogen (secondary N) is 3. The molecule has 2 aromatic rings. The van der Waals surface area contributed by atoms with Crippen molar-refractivity contribution >= 4 is 28.9 Å². The van der Waals surface area contributed by atoms with Crippen molar-refractivity contribution in [1.82, 2.24) is 0 Å². The van der Waals surface area contributed by atoms with Crippen LogP contribution < -0.4 is 20.7 Å². The van der Waals surface area contributed by atoms with Gasteiger partial charge in [-0.15, -0.1) is 0 Å². The number of aryl methyl sites for hydroxylation is 1. The number of carbonyl (C=O) groups is 2. The summed E-state index contributed by atoms with van der Waals surface area (Å²) in [6, 6.07) is 9.24. The molecular weight excluding hydrogens is 325 g/mol. The number of methoxy groups -OCH3 is 1. The van der Waals surface area contributed by atoms with E-state index >= 15 is 0 Å². The minimum atomic E-state index is -0.327. The van der Waals surface area contributed by atoms with Gasteiger partial charge in [0.05, 0.1) is 19.3 Å². The lowest BCUT2D eigenvalue weighted by Crippen LogP contribution is -2.22. The lowest BCUT2D eigenvalue weighted by atomic mass is 10.2. The van der Waals surface area contributed by atoms with E-state index in [0.29, 0.717) is 28.4 Å². The molecule has 3 N–H and O–H groups in total. The molecule has 25 heavy (non-hydrogen) atoms. The van der Waals surface area contributed by atoms with Crippen LogP contribution in [0.2, 0.25) is 0 Å². The summed E-state index contributed by atoms with van der Waals surface area (Å²) in [5.74, 6) is -0.370. The third-order valence-corrected chi connectivity index (χ3v) is 3.42. The summed E-state index contributed by atoms with van der Waals surface area (Å²) in [6.07, 6.45) is 0. The minimum absolute atomic E-state index is 0.00000874. The van der Waals surface area contributed by atoms with Gasteiger partial charge in [-0.2, -0.15) is 0 Å². The molecule has 7 heteroatoms. The summed E-state index contributed by atoms with van der Waals surface area (Å²) in [6.45, 7) is 3.15. The highest BCUT2D eigenvalue weighted by Crippen LogP contribution is 2.27. The van der Waals surface area contributed by atoms with Crippen LogP contribution in [0.15, 0.2) is 36.4 Å². The highest BCUT2D eigenvalue weighted by molar-refractivity contribution is 5.96. The van der Waals surface area contributed by atoms with Crippen molar-refractivity contribution in [2.45, 2.75) is 13.8 Å². The van der Waals surface area contributed by atoms with Crippen LogP contribution in [0.3, 0.4) is 0 Å². The Labute approximate surface area is 145 Å². The fraction of sp³-hybridized carbons (Fsp3) is 0.222. The number of rotatable bonds is 6. The van der Waals surface area contributed by atoms with Crippen LogP contribution in [0.5, 0.6) is 5.75 Å². The maximum absolute atomic E-state index is 13.1. The lowest BCUT2D eigenvalue weighted by Gasteiger charge is -2.13. The molecule has 2 rings (SSSR count). The van der Waals surface area contributed by atoms with Gasteiger partial charge in [0.25, 0.3) is 0 Å². The predicted molar refractivity (Wildman–Crippen MR) is 95.6 cm³/mol. The standard InChI is InChI=1S/C18H20FN3O3/c1-11-8-13(19)4-6-15(11)20-10-18(24)22-16-9-14(21-12(2)23)5-7-17(16)25-3/h4-9,20H,10H2,1-3H3,(H,21,23)(H,22,24). The molecule has 132 valence electrons. The van der Waals surface area contributed by atoms with Crippen LogP contribution >= 0.6 is 0 Å². The molecule has 0 unspecified atom stereocenters. The van der Waals surface area contributed by atoms with Gasteiger partial charge < -0.3 is 20.7 Å². The molecule has 0 spiro atoms. The first-order valence-corrected chi connectivity index (χ1v) is 7.64. The fourth-order valence-electron chi connectivity index (χ4n) is 2.28. The first kappa shape index (κ1) is 18.3. The molecule has 0 saturated carbocycles. The van der Waals surface area contributed by atoms with Crippen molar-refractivity contribution in [3.05, 3.63) is 47.8 Å². The first-order valence-electron chi connectivity index (χ1n) is 7.64. The van der Waals surface area contributed by atoms with E-state index in [-0.39, 0.29) is 24.2 Å². The molecule has 2 amide bonds. The van der Waals surface area contributed by atoms with Gasteiger partial charge in [0.15, 0.2) is 0 Å². The van der Waals surface area contributed by atoms with Crippen LogP contribution in [0.25, 0.3) is 0 Å². The maximum Gasteiger partial charge on any atom is 0.243 e. The summed E-state index contributed by atoms with van der Waals surface area (Å²) < 4.78 is 18.3. The zero-order valence-electron chi connectivity index (χ0n) is 14.3. The van der Waals surface area contributed by atoms with E-state index in [4.69, 9.17) is 4.74 Å². The largest absolute Gasteiger partial charge is 0.495 e. The van der Waals surface area contributed by atoms with Gasteiger partial charge in [-0.25, -0.2) is 4.39 Å². The number of amides is 2. The smallest absolute Gasteiger partial charge is 0.243 e. The summed E-state index contributed by atoms with van der Waals surface area (Å²) >= 11 is 0. The van der Waals surface area contributed by atoms with Crippen molar-refractivity contribution in [2.75, 3.05) is 29.6 Å². The number of anilines is 3. The Balaban J connectivity index is 2.04. The van der Waals surface area contributed by atoms with Gasteiger partial charge in [0.2, 0.25) is 11.8 Å². The van der Waals surface area contributed by atoms with Crippen molar-refractivity contribution in [3.8, 4) is 5.75 Å². The summed E-state index contributed by atoms with van der Waals surface area (Å²) in [5.41, 5.74) is 2.37. The zero-order chi connectivity index (χ0) is 18.4. The summed E-state index contributed by atoms with van der Waals surface area (Å²) in [7, 11) is 1.49. The number of hydrogen-bond acceptors (Lipinski definition) is 4. The second-order valence-corrected chi connectivity index (χ2v) is 5.46. The molecule has 0 aliphatic rings. The molecule has 0 aliphatic heterocycles. The van der Waals surface area contributed by atoms with Crippen LogP contribution in [0, 0.1) is 12.7 Å². The molecule has 6 nitrogen and oxygen atoms in total. The molecular formula is C18H20FN3O3. The SMILES string of the molecule is COc1ccc(NC(C)=O)cc1NC(=O)CNc1ccc(F)cc1C. The van der Waals surface area contributed by atoms with E-state index in [9.17, 15) is 14.0 Å². The van der Waals surface area contributed by atoms with Gasteiger partial charge in [-0.1, -0.05) is 0 Å². The lowest BCUT2D eigenvalue weighted by molar-refractivity contribution is -0.115. The average Bonchev–Trinajstić information content (AvgIpc) is 2.54. The van der Waals surface area contributed by atoms with Crippen molar-refractivity contribution in [3.63, 3.8) is 0 Å². The van der Waals surface area contributed by atoms with Crippen LogP contribution in [-0.2, 0) is 9.59 Å². The third-order valence-electron chi connectivity index (χ3n) is 3.42. The first-order chi connectivity index (χ1) is 11.9. The Morgan fingerprint density at radius 3 is 2.48 bits per heavy atom. The maximum atomic E-state index is 13.1. The monoisotopic (exact) mass is 345 g/mol. The van der Waals surface area contributed by atoms with E-state index in [2.05, 4.69) is 16.0 Å². The Hall–Kier alpha value is -3.09. The molecule has 0 radical (unpaired) electrons. The molecule has 0 atom stereocenters. The van der Waals surface area contributed by atoms with Crippen molar-refractivity contribution in [2.24, 2.45) is 0 Å². The molecule has 0 aliphatic carbocycles.